The van der Waals surface area contributed by atoms with Gasteiger partial charge < -0.3 is 10.2 Å². The van der Waals surface area contributed by atoms with Gasteiger partial charge in [0.1, 0.15) is 5.82 Å². The first kappa shape index (κ1) is 13.1. The summed E-state index contributed by atoms with van der Waals surface area (Å²) in [6, 6.07) is 13.6. The van der Waals surface area contributed by atoms with Gasteiger partial charge in [-0.25, -0.2) is 4.39 Å². The molecule has 1 N–H and O–H groups in total. The van der Waals surface area contributed by atoms with E-state index in [-0.39, 0.29) is 5.82 Å². The molecule has 2 aromatic rings. The van der Waals surface area contributed by atoms with Crippen LogP contribution < -0.4 is 10.2 Å². The Hall–Kier alpha value is -1.87. The number of hydrogen-bond donors (Lipinski definition) is 1. The summed E-state index contributed by atoms with van der Waals surface area (Å²) in [5, 5.41) is 3.28. The number of nitrogens with one attached hydrogen (secondary N) is 1. The fraction of sp³-hybridized carbons (Fsp3) is 0.294. The van der Waals surface area contributed by atoms with E-state index in [1.807, 2.05) is 6.07 Å². The molecule has 1 heterocycles. The normalized spacial score (nSPS) is 13.6. The summed E-state index contributed by atoms with van der Waals surface area (Å²) < 4.78 is 13.5. The Bertz CT molecular complexity index is 585. The SMILES string of the molecule is CCNCc1cc(F)ccc1N1Cc2ccccc2C1. The van der Waals surface area contributed by atoms with E-state index >= 15 is 0 Å². The zero-order chi connectivity index (χ0) is 13.9. The molecule has 0 aromatic heterocycles. The van der Waals surface area contributed by atoms with E-state index in [0.29, 0.717) is 6.54 Å². The van der Waals surface area contributed by atoms with Crippen molar-refractivity contribution in [3.8, 4) is 0 Å². The van der Waals surface area contributed by atoms with Crippen LogP contribution in [-0.4, -0.2) is 6.54 Å². The first-order chi connectivity index (χ1) is 9.78. The molecule has 3 rings (SSSR count). The predicted molar refractivity (Wildman–Crippen MR) is 80.1 cm³/mol. The summed E-state index contributed by atoms with van der Waals surface area (Å²) in [5.74, 6) is -0.168. The summed E-state index contributed by atoms with van der Waals surface area (Å²) in [6.07, 6.45) is 0. The minimum absolute atomic E-state index is 0.168. The first-order valence-corrected chi connectivity index (χ1v) is 7.09. The molecule has 0 spiro atoms. The van der Waals surface area contributed by atoms with Crippen LogP contribution in [-0.2, 0) is 19.6 Å². The third-order valence-electron chi connectivity index (χ3n) is 3.79. The minimum atomic E-state index is -0.168. The standard InChI is InChI=1S/C17H19FN2/c1-2-19-10-15-9-16(18)7-8-17(15)20-11-13-5-3-4-6-14(13)12-20/h3-9,19H,2,10-12H2,1H3. The molecule has 20 heavy (non-hydrogen) atoms. The maximum absolute atomic E-state index is 13.5. The van der Waals surface area contributed by atoms with Gasteiger partial charge in [-0.2, -0.15) is 0 Å². The number of benzene rings is 2. The van der Waals surface area contributed by atoms with Crippen LogP contribution >= 0.6 is 0 Å². The third kappa shape index (κ3) is 2.54. The lowest BCUT2D eigenvalue weighted by molar-refractivity contribution is 0.621. The minimum Gasteiger partial charge on any atom is -0.363 e. The number of nitrogens with zero attached hydrogens (tertiary/aromatic N) is 1. The average Bonchev–Trinajstić information content (AvgIpc) is 2.88. The molecule has 2 nitrogen and oxygen atoms in total. The molecule has 0 atom stereocenters. The first-order valence-electron chi connectivity index (χ1n) is 7.09. The third-order valence-corrected chi connectivity index (χ3v) is 3.79. The lowest BCUT2D eigenvalue weighted by atomic mass is 10.1. The van der Waals surface area contributed by atoms with Crippen molar-refractivity contribution < 1.29 is 4.39 Å². The monoisotopic (exact) mass is 270 g/mol. The van der Waals surface area contributed by atoms with Gasteiger partial charge in [0.25, 0.3) is 0 Å². The van der Waals surface area contributed by atoms with Crippen LogP contribution in [0.1, 0.15) is 23.6 Å². The number of hydrogen-bond acceptors (Lipinski definition) is 2. The summed E-state index contributed by atoms with van der Waals surface area (Å²) in [4.78, 5) is 2.32. The van der Waals surface area contributed by atoms with E-state index in [4.69, 9.17) is 0 Å². The van der Waals surface area contributed by atoms with Crippen LogP contribution in [0.2, 0.25) is 0 Å². The molecule has 3 heteroatoms. The van der Waals surface area contributed by atoms with E-state index in [9.17, 15) is 4.39 Å². The van der Waals surface area contributed by atoms with Crippen LogP contribution in [0.5, 0.6) is 0 Å². The molecule has 0 radical (unpaired) electrons. The molecule has 0 bridgehead atoms. The highest BCUT2D eigenvalue weighted by molar-refractivity contribution is 5.57. The van der Waals surface area contributed by atoms with Crippen molar-refractivity contribution in [1.29, 1.82) is 0 Å². The molecule has 0 unspecified atom stereocenters. The molecule has 0 fully saturated rings. The van der Waals surface area contributed by atoms with Gasteiger partial charge in [0.15, 0.2) is 0 Å². The topological polar surface area (TPSA) is 15.3 Å². The largest absolute Gasteiger partial charge is 0.363 e. The molecular weight excluding hydrogens is 251 g/mol. The van der Waals surface area contributed by atoms with Gasteiger partial charge in [-0.3, -0.25) is 0 Å². The highest BCUT2D eigenvalue weighted by Crippen LogP contribution is 2.30. The van der Waals surface area contributed by atoms with Crippen LogP contribution in [0.4, 0.5) is 10.1 Å². The Morgan fingerprint density at radius 3 is 2.45 bits per heavy atom. The zero-order valence-corrected chi connectivity index (χ0v) is 11.7. The van der Waals surface area contributed by atoms with Crippen molar-refractivity contribution in [2.45, 2.75) is 26.6 Å². The summed E-state index contributed by atoms with van der Waals surface area (Å²) in [5.41, 5.74) is 4.89. The van der Waals surface area contributed by atoms with Crippen molar-refractivity contribution in [1.82, 2.24) is 5.32 Å². The fourth-order valence-corrected chi connectivity index (χ4v) is 2.77. The van der Waals surface area contributed by atoms with Crippen LogP contribution in [0.25, 0.3) is 0 Å². The van der Waals surface area contributed by atoms with Gasteiger partial charge in [-0.1, -0.05) is 31.2 Å². The van der Waals surface area contributed by atoms with Crippen LogP contribution in [0, 0.1) is 5.82 Å². The molecule has 0 saturated heterocycles. The van der Waals surface area contributed by atoms with Crippen molar-refractivity contribution in [3.05, 3.63) is 65.0 Å². The molecule has 0 aliphatic carbocycles. The molecule has 1 aliphatic rings. The maximum Gasteiger partial charge on any atom is 0.123 e. The van der Waals surface area contributed by atoms with Crippen molar-refractivity contribution in [2.75, 3.05) is 11.4 Å². The number of rotatable bonds is 4. The summed E-state index contributed by atoms with van der Waals surface area (Å²) >= 11 is 0. The number of halogens is 1. The van der Waals surface area contributed by atoms with Crippen molar-refractivity contribution in [2.24, 2.45) is 0 Å². The van der Waals surface area contributed by atoms with Crippen LogP contribution in [0.15, 0.2) is 42.5 Å². The Labute approximate surface area is 119 Å². The quantitative estimate of drug-likeness (QED) is 0.915. The Balaban J connectivity index is 1.88. The average molecular weight is 270 g/mol. The van der Waals surface area contributed by atoms with Gasteiger partial charge in [-0.15, -0.1) is 0 Å². The van der Waals surface area contributed by atoms with Gasteiger partial charge in [0, 0.05) is 25.3 Å². The van der Waals surface area contributed by atoms with Crippen LogP contribution in [0.3, 0.4) is 0 Å². The fourth-order valence-electron chi connectivity index (χ4n) is 2.77. The molecule has 104 valence electrons. The highest BCUT2D eigenvalue weighted by Gasteiger charge is 2.20. The summed E-state index contributed by atoms with van der Waals surface area (Å²) in [6.45, 7) is 5.46. The number of anilines is 1. The second-order valence-electron chi connectivity index (χ2n) is 5.18. The van der Waals surface area contributed by atoms with E-state index in [1.165, 1.54) is 11.1 Å². The molecular formula is C17H19FN2. The van der Waals surface area contributed by atoms with Crippen molar-refractivity contribution >= 4 is 5.69 Å². The summed E-state index contributed by atoms with van der Waals surface area (Å²) in [7, 11) is 0. The Morgan fingerprint density at radius 2 is 1.80 bits per heavy atom. The molecule has 0 saturated carbocycles. The molecule has 1 aliphatic heterocycles. The van der Waals surface area contributed by atoms with Gasteiger partial charge in [-0.05, 0) is 41.4 Å². The van der Waals surface area contributed by atoms with E-state index in [1.54, 1.807) is 12.1 Å². The lowest BCUT2D eigenvalue weighted by Gasteiger charge is -2.21. The van der Waals surface area contributed by atoms with E-state index in [2.05, 4.69) is 41.4 Å². The second kappa shape index (κ2) is 5.63. The van der Waals surface area contributed by atoms with Gasteiger partial charge in [0.05, 0.1) is 0 Å². The molecule has 0 amide bonds. The predicted octanol–water partition coefficient (Wildman–Crippen LogP) is 3.46. The zero-order valence-electron chi connectivity index (χ0n) is 11.7. The molecule has 2 aromatic carbocycles. The maximum atomic E-state index is 13.5. The lowest BCUT2D eigenvalue weighted by Crippen LogP contribution is -2.20. The second-order valence-corrected chi connectivity index (χ2v) is 5.18. The Kier molecular flexibility index (Phi) is 3.70. The highest BCUT2D eigenvalue weighted by atomic mass is 19.1. The smallest absolute Gasteiger partial charge is 0.123 e. The van der Waals surface area contributed by atoms with Gasteiger partial charge in [0.2, 0.25) is 0 Å². The van der Waals surface area contributed by atoms with Crippen molar-refractivity contribution in [3.63, 3.8) is 0 Å². The van der Waals surface area contributed by atoms with E-state index in [0.717, 1.165) is 30.9 Å². The van der Waals surface area contributed by atoms with E-state index < -0.39 is 0 Å². The number of fused-ring (bicyclic) bond motifs is 1. The Morgan fingerprint density at radius 1 is 1.10 bits per heavy atom. The van der Waals surface area contributed by atoms with Gasteiger partial charge >= 0.3 is 0 Å².